The molecule has 2 fully saturated rings. The van der Waals surface area contributed by atoms with Gasteiger partial charge in [-0.2, -0.15) is 0 Å². The van der Waals surface area contributed by atoms with Crippen LogP contribution in [0.3, 0.4) is 0 Å². The van der Waals surface area contributed by atoms with Crippen LogP contribution in [0.15, 0.2) is 0 Å². The zero-order valence-corrected chi connectivity index (χ0v) is 13.6. The quantitative estimate of drug-likeness (QED) is 0.765. The zero-order valence-electron chi connectivity index (χ0n) is 13.6. The molecule has 2 unspecified atom stereocenters. The van der Waals surface area contributed by atoms with Gasteiger partial charge in [0.1, 0.15) is 0 Å². The summed E-state index contributed by atoms with van der Waals surface area (Å²) in [4.78, 5) is 5.04. The third-order valence-corrected chi connectivity index (χ3v) is 4.93. The molecule has 0 saturated carbocycles. The number of likely N-dealkylation sites (tertiary alicyclic amines) is 1. The van der Waals surface area contributed by atoms with Gasteiger partial charge in [-0.05, 0) is 59.4 Å². The number of ether oxygens (including phenoxy) is 1. The Labute approximate surface area is 124 Å². The number of piperidine rings is 1. The second-order valence-corrected chi connectivity index (χ2v) is 6.68. The van der Waals surface area contributed by atoms with Crippen molar-refractivity contribution in [3.63, 3.8) is 0 Å². The Morgan fingerprint density at radius 3 is 2.55 bits per heavy atom. The van der Waals surface area contributed by atoms with Crippen LogP contribution in [0.25, 0.3) is 0 Å². The van der Waals surface area contributed by atoms with Crippen molar-refractivity contribution in [2.24, 2.45) is 5.92 Å². The highest BCUT2D eigenvalue weighted by Gasteiger charge is 2.28. The summed E-state index contributed by atoms with van der Waals surface area (Å²) in [6.45, 7) is 9.00. The van der Waals surface area contributed by atoms with Crippen LogP contribution in [0, 0.1) is 5.92 Å². The third kappa shape index (κ3) is 4.69. The Morgan fingerprint density at radius 2 is 2.00 bits per heavy atom. The summed E-state index contributed by atoms with van der Waals surface area (Å²) >= 11 is 0. The summed E-state index contributed by atoms with van der Waals surface area (Å²) in [6.07, 6.45) is 5.08. The first-order valence-corrected chi connectivity index (χ1v) is 8.40. The molecule has 4 heteroatoms. The Kier molecular flexibility index (Phi) is 6.75. The smallest absolute Gasteiger partial charge is 0.0510 e. The molecule has 4 nitrogen and oxygen atoms in total. The van der Waals surface area contributed by atoms with E-state index in [1.165, 1.54) is 45.3 Å². The molecule has 0 aromatic rings. The molecular formula is C16H33N3O. The van der Waals surface area contributed by atoms with Crippen molar-refractivity contribution in [2.75, 3.05) is 53.5 Å². The molecule has 0 amide bonds. The lowest BCUT2D eigenvalue weighted by molar-refractivity contribution is 0.119. The minimum absolute atomic E-state index is 0.619. The number of nitrogens with zero attached hydrogens (tertiary/aromatic N) is 2. The van der Waals surface area contributed by atoms with Crippen LogP contribution in [0.1, 0.15) is 32.6 Å². The average Bonchev–Trinajstić information content (AvgIpc) is 2.98. The average molecular weight is 283 g/mol. The van der Waals surface area contributed by atoms with E-state index in [0.717, 1.165) is 25.8 Å². The van der Waals surface area contributed by atoms with Crippen LogP contribution in [0.2, 0.25) is 0 Å². The lowest BCUT2D eigenvalue weighted by Crippen LogP contribution is -2.50. The van der Waals surface area contributed by atoms with Gasteiger partial charge >= 0.3 is 0 Å². The maximum atomic E-state index is 5.59. The number of hydrogen-bond acceptors (Lipinski definition) is 4. The van der Waals surface area contributed by atoms with Crippen molar-refractivity contribution in [3.05, 3.63) is 0 Å². The maximum absolute atomic E-state index is 5.59. The molecule has 0 spiro atoms. The standard InChI is InChI=1S/C16H33N3O/c1-4-8-17-16(14-7-11-20-13-14)12-19-9-5-15(6-10-19)18(2)3/h14-17H,4-13H2,1-3H3. The van der Waals surface area contributed by atoms with E-state index in [-0.39, 0.29) is 0 Å². The maximum Gasteiger partial charge on any atom is 0.0510 e. The van der Waals surface area contributed by atoms with E-state index in [9.17, 15) is 0 Å². The molecule has 1 N–H and O–H groups in total. The van der Waals surface area contributed by atoms with Crippen molar-refractivity contribution in [1.82, 2.24) is 15.1 Å². The van der Waals surface area contributed by atoms with Gasteiger partial charge in [-0.15, -0.1) is 0 Å². The molecule has 2 aliphatic heterocycles. The third-order valence-electron chi connectivity index (χ3n) is 4.93. The number of rotatable bonds is 7. The highest BCUT2D eigenvalue weighted by Crippen LogP contribution is 2.20. The highest BCUT2D eigenvalue weighted by molar-refractivity contribution is 4.85. The lowest BCUT2D eigenvalue weighted by atomic mass is 9.96. The molecule has 2 atom stereocenters. The van der Waals surface area contributed by atoms with Gasteiger partial charge in [0.15, 0.2) is 0 Å². The minimum atomic E-state index is 0.619. The van der Waals surface area contributed by atoms with E-state index in [2.05, 4.69) is 36.1 Å². The lowest BCUT2D eigenvalue weighted by Gasteiger charge is -2.38. The summed E-state index contributed by atoms with van der Waals surface area (Å²) in [5, 5.41) is 3.76. The molecule has 2 saturated heterocycles. The first-order chi connectivity index (χ1) is 9.70. The van der Waals surface area contributed by atoms with Crippen LogP contribution >= 0.6 is 0 Å². The molecule has 0 bridgehead atoms. The summed E-state index contributed by atoms with van der Waals surface area (Å²) in [6, 6.07) is 1.40. The van der Waals surface area contributed by atoms with Crippen LogP contribution in [0.4, 0.5) is 0 Å². The predicted octanol–water partition coefficient (Wildman–Crippen LogP) is 1.42. The van der Waals surface area contributed by atoms with Crippen LogP contribution in [-0.4, -0.2) is 75.4 Å². The summed E-state index contributed by atoms with van der Waals surface area (Å²) in [5.41, 5.74) is 0. The predicted molar refractivity (Wildman–Crippen MR) is 84.2 cm³/mol. The molecule has 118 valence electrons. The molecule has 2 rings (SSSR count). The molecular weight excluding hydrogens is 250 g/mol. The topological polar surface area (TPSA) is 27.7 Å². The molecule has 0 aromatic heterocycles. The fourth-order valence-electron chi connectivity index (χ4n) is 3.48. The Balaban J connectivity index is 1.78. The minimum Gasteiger partial charge on any atom is -0.381 e. The summed E-state index contributed by atoms with van der Waals surface area (Å²) in [7, 11) is 4.42. The molecule has 0 aliphatic carbocycles. The fraction of sp³-hybridized carbons (Fsp3) is 1.00. The first kappa shape index (κ1) is 16.2. The molecule has 0 aromatic carbocycles. The number of nitrogens with one attached hydrogen (secondary N) is 1. The van der Waals surface area contributed by atoms with E-state index in [4.69, 9.17) is 4.74 Å². The molecule has 0 radical (unpaired) electrons. The van der Waals surface area contributed by atoms with Gasteiger partial charge in [-0.25, -0.2) is 0 Å². The fourth-order valence-corrected chi connectivity index (χ4v) is 3.48. The Morgan fingerprint density at radius 1 is 1.25 bits per heavy atom. The van der Waals surface area contributed by atoms with E-state index in [1.54, 1.807) is 0 Å². The van der Waals surface area contributed by atoms with E-state index in [1.807, 2.05) is 0 Å². The second-order valence-electron chi connectivity index (χ2n) is 6.68. The van der Waals surface area contributed by atoms with Gasteiger partial charge in [0.05, 0.1) is 6.61 Å². The Bertz CT molecular complexity index is 258. The Hall–Kier alpha value is -0.160. The van der Waals surface area contributed by atoms with E-state index in [0.29, 0.717) is 12.0 Å². The largest absolute Gasteiger partial charge is 0.381 e. The van der Waals surface area contributed by atoms with Crippen LogP contribution < -0.4 is 5.32 Å². The number of hydrogen-bond donors (Lipinski definition) is 1. The monoisotopic (exact) mass is 283 g/mol. The highest BCUT2D eigenvalue weighted by atomic mass is 16.5. The van der Waals surface area contributed by atoms with Crippen molar-refractivity contribution in [1.29, 1.82) is 0 Å². The zero-order chi connectivity index (χ0) is 14.4. The van der Waals surface area contributed by atoms with Crippen molar-refractivity contribution in [3.8, 4) is 0 Å². The van der Waals surface area contributed by atoms with Crippen LogP contribution in [0.5, 0.6) is 0 Å². The van der Waals surface area contributed by atoms with Gasteiger partial charge in [0.25, 0.3) is 0 Å². The summed E-state index contributed by atoms with van der Waals surface area (Å²) < 4.78 is 5.59. The van der Waals surface area contributed by atoms with Gasteiger partial charge in [-0.1, -0.05) is 6.92 Å². The van der Waals surface area contributed by atoms with E-state index < -0.39 is 0 Å². The van der Waals surface area contributed by atoms with E-state index >= 15 is 0 Å². The van der Waals surface area contributed by atoms with Gasteiger partial charge in [0.2, 0.25) is 0 Å². The summed E-state index contributed by atoms with van der Waals surface area (Å²) in [5.74, 6) is 0.716. The first-order valence-electron chi connectivity index (χ1n) is 8.40. The SMILES string of the molecule is CCCNC(CN1CCC(N(C)C)CC1)C1CCOC1. The van der Waals surface area contributed by atoms with Gasteiger partial charge < -0.3 is 19.9 Å². The van der Waals surface area contributed by atoms with Crippen molar-refractivity contribution in [2.45, 2.75) is 44.7 Å². The molecule has 20 heavy (non-hydrogen) atoms. The molecule has 2 heterocycles. The normalized spacial score (nSPS) is 27.3. The van der Waals surface area contributed by atoms with Crippen molar-refractivity contribution >= 4 is 0 Å². The van der Waals surface area contributed by atoms with Crippen LogP contribution in [-0.2, 0) is 4.74 Å². The van der Waals surface area contributed by atoms with Crippen molar-refractivity contribution < 1.29 is 4.74 Å². The van der Waals surface area contributed by atoms with Gasteiger partial charge in [-0.3, -0.25) is 0 Å². The molecule has 2 aliphatic rings. The van der Waals surface area contributed by atoms with Gasteiger partial charge in [0, 0.05) is 31.2 Å². The second kappa shape index (κ2) is 8.32.